The number of anilines is 1. The zero-order valence-electron chi connectivity index (χ0n) is 26.7. The first-order valence-corrected chi connectivity index (χ1v) is 16.1. The number of benzene rings is 1. The molecule has 1 aromatic carbocycles. The summed E-state index contributed by atoms with van der Waals surface area (Å²) in [6, 6.07) is 7.09. The first kappa shape index (κ1) is 31.1. The van der Waals surface area contributed by atoms with Gasteiger partial charge in [0.15, 0.2) is 0 Å². The van der Waals surface area contributed by atoms with E-state index in [1.165, 1.54) is 17.2 Å². The summed E-state index contributed by atoms with van der Waals surface area (Å²) >= 11 is 0. The second-order valence-electron chi connectivity index (χ2n) is 13.3. The fourth-order valence-electron chi connectivity index (χ4n) is 8.13. The average molecular weight is 590 g/mol. The average Bonchev–Trinajstić information content (AvgIpc) is 2.98. The second-order valence-corrected chi connectivity index (χ2v) is 13.3. The van der Waals surface area contributed by atoms with Gasteiger partial charge in [0.25, 0.3) is 0 Å². The molecule has 2 aromatic rings. The SMILES string of the molecule is CCN(CC)c1ccc2cc(C(=O)OCCOC(=O)C3(C)CCCC4(C)C5CCC(C(C)C)=CC5=CCC34)c(=O)oc2c1. The molecule has 1 fully saturated rings. The quantitative estimate of drug-likeness (QED) is 0.170. The van der Waals surface area contributed by atoms with Crippen LogP contribution < -0.4 is 10.5 Å². The Morgan fingerprint density at radius 3 is 2.53 bits per heavy atom. The van der Waals surface area contributed by atoms with Crippen molar-refractivity contribution in [2.75, 3.05) is 31.2 Å². The zero-order chi connectivity index (χ0) is 30.9. The van der Waals surface area contributed by atoms with Gasteiger partial charge in [0.2, 0.25) is 0 Å². The molecule has 7 heteroatoms. The Hall–Kier alpha value is -3.35. The summed E-state index contributed by atoms with van der Waals surface area (Å²) in [5, 5.41) is 0.640. The van der Waals surface area contributed by atoms with Crippen molar-refractivity contribution >= 4 is 28.6 Å². The first-order chi connectivity index (χ1) is 20.5. The Labute approximate surface area is 255 Å². The largest absolute Gasteiger partial charge is 0.462 e. The summed E-state index contributed by atoms with van der Waals surface area (Å²) in [7, 11) is 0. The molecule has 5 rings (SSSR count). The van der Waals surface area contributed by atoms with Crippen LogP contribution in [-0.2, 0) is 14.3 Å². The van der Waals surface area contributed by atoms with E-state index < -0.39 is 17.0 Å². The van der Waals surface area contributed by atoms with E-state index in [4.69, 9.17) is 13.9 Å². The minimum atomic E-state index is -0.785. The van der Waals surface area contributed by atoms with Crippen molar-refractivity contribution in [3.63, 3.8) is 0 Å². The van der Waals surface area contributed by atoms with Crippen molar-refractivity contribution < 1.29 is 23.5 Å². The topological polar surface area (TPSA) is 86.0 Å². The molecule has 0 aliphatic heterocycles. The monoisotopic (exact) mass is 589 g/mol. The standard InChI is InChI=1S/C36H47NO6/c1-7-37(8-2)27-13-10-26-21-28(33(39)43-30(26)22-27)32(38)41-18-19-42-34(40)36(6)17-9-16-35(5)29-14-11-24(23(3)4)20-25(29)12-15-31(35)36/h10,12-13,20-23,29,31H,7-9,11,14-19H2,1-6H3. The van der Waals surface area contributed by atoms with E-state index >= 15 is 0 Å². The second kappa shape index (κ2) is 12.3. The Kier molecular flexibility index (Phi) is 8.92. The first-order valence-electron chi connectivity index (χ1n) is 16.1. The van der Waals surface area contributed by atoms with Gasteiger partial charge in [-0.25, -0.2) is 9.59 Å². The van der Waals surface area contributed by atoms with E-state index in [-0.39, 0.29) is 36.1 Å². The lowest BCUT2D eigenvalue weighted by molar-refractivity contribution is -0.170. The molecule has 0 saturated heterocycles. The van der Waals surface area contributed by atoms with Crippen LogP contribution in [0.3, 0.4) is 0 Å². The molecule has 0 amide bonds. The molecule has 232 valence electrons. The molecule has 0 radical (unpaired) electrons. The predicted octanol–water partition coefficient (Wildman–Crippen LogP) is 7.47. The number of carbonyl (C=O) groups excluding carboxylic acids is 2. The van der Waals surface area contributed by atoms with Gasteiger partial charge in [0.05, 0.1) is 5.41 Å². The lowest BCUT2D eigenvalue weighted by atomic mass is 9.47. The van der Waals surface area contributed by atoms with Crippen LogP contribution in [0, 0.1) is 28.6 Å². The van der Waals surface area contributed by atoms with Crippen LogP contribution in [0.2, 0.25) is 0 Å². The number of ether oxygens (including phenoxy) is 2. The van der Waals surface area contributed by atoms with Crippen LogP contribution in [0.5, 0.6) is 0 Å². The fraction of sp³-hybridized carbons (Fsp3) is 0.583. The Bertz CT molecular complexity index is 1500. The van der Waals surface area contributed by atoms with Crippen LogP contribution in [0.4, 0.5) is 5.69 Å². The van der Waals surface area contributed by atoms with Crippen LogP contribution >= 0.6 is 0 Å². The van der Waals surface area contributed by atoms with Gasteiger partial charge in [0.1, 0.15) is 24.4 Å². The summed E-state index contributed by atoms with van der Waals surface area (Å²) in [6.45, 7) is 14.6. The van der Waals surface area contributed by atoms with E-state index in [0.717, 1.165) is 57.3 Å². The highest BCUT2D eigenvalue weighted by Crippen LogP contribution is 2.62. The van der Waals surface area contributed by atoms with E-state index in [0.29, 0.717) is 22.8 Å². The van der Waals surface area contributed by atoms with Gasteiger partial charge in [-0.1, -0.05) is 44.9 Å². The molecule has 3 aliphatic rings. The number of allylic oxidation sites excluding steroid dienone is 4. The summed E-state index contributed by atoms with van der Waals surface area (Å²) < 4.78 is 16.6. The normalized spacial score (nSPS) is 26.7. The molecule has 0 spiro atoms. The van der Waals surface area contributed by atoms with E-state index in [2.05, 4.69) is 58.6 Å². The number of rotatable bonds is 9. The van der Waals surface area contributed by atoms with Crippen LogP contribution in [-0.4, -0.2) is 38.2 Å². The minimum absolute atomic E-state index is 0.0534. The molecular weight excluding hydrogens is 542 g/mol. The summed E-state index contributed by atoms with van der Waals surface area (Å²) in [5.74, 6) is 0.234. The number of fused-ring (bicyclic) bond motifs is 4. The number of carbonyl (C=O) groups is 2. The smallest absolute Gasteiger partial charge is 0.351 e. The summed E-state index contributed by atoms with van der Waals surface area (Å²) in [6.07, 6.45) is 10.9. The molecule has 1 heterocycles. The zero-order valence-corrected chi connectivity index (χ0v) is 26.7. The maximum absolute atomic E-state index is 13.6. The van der Waals surface area contributed by atoms with E-state index in [1.54, 1.807) is 0 Å². The maximum Gasteiger partial charge on any atom is 0.351 e. The van der Waals surface area contributed by atoms with Gasteiger partial charge in [-0.15, -0.1) is 0 Å². The van der Waals surface area contributed by atoms with Crippen molar-refractivity contribution in [2.45, 2.75) is 80.1 Å². The number of hydrogen-bond acceptors (Lipinski definition) is 7. The summed E-state index contributed by atoms with van der Waals surface area (Å²) in [4.78, 5) is 41.1. The van der Waals surface area contributed by atoms with Gasteiger partial charge >= 0.3 is 17.6 Å². The van der Waals surface area contributed by atoms with Gasteiger partial charge in [0, 0.05) is 30.2 Å². The van der Waals surface area contributed by atoms with Crippen molar-refractivity contribution in [1.82, 2.24) is 0 Å². The van der Waals surface area contributed by atoms with Gasteiger partial charge < -0.3 is 18.8 Å². The van der Waals surface area contributed by atoms with Crippen molar-refractivity contribution in [2.24, 2.45) is 28.6 Å². The third-order valence-corrected chi connectivity index (χ3v) is 10.7. The van der Waals surface area contributed by atoms with Crippen molar-refractivity contribution in [3.8, 4) is 0 Å². The third-order valence-electron chi connectivity index (χ3n) is 10.7. The molecule has 1 aromatic heterocycles. The van der Waals surface area contributed by atoms with Crippen molar-refractivity contribution in [1.29, 1.82) is 0 Å². The van der Waals surface area contributed by atoms with Crippen LogP contribution in [0.1, 0.15) is 90.4 Å². The van der Waals surface area contributed by atoms with Crippen molar-refractivity contribution in [3.05, 3.63) is 63.5 Å². The molecule has 0 N–H and O–H groups in total. The molecule has 1 saturated carbocycles. The fourth-order valence-corrected chi connectivity index (χ4v) is 8.13. The number of hydrogen-bond donors (Lipinski definition) is 0. The van der Waals surface area contributed by atoms with E-state index in [1.807, 2.05) is 18.2 Å². The highest BCUT2D eigenvalue weighted by Gasteiger charge is 2.57. The molecule has 7 nitrogen and oxygen atoms in total. The summed E-state index contributed by atoms with van der Waals surface area (Å²) in [5.41, 5.74) is 2.90. The molecule has 4 unspecified atom stereocenters. The molecule has 0 bridgehead atoms. The van der Waals surface area contributed by atoms with Gasteiger partial charge in [-0.05, 0) is 99.8 Å². The number of nitrogens with zero attached hydrogens (tertiary/aromatic N) is 1. The molecular formula is C36H47NO6. The third kappa shape index (κ3) is 5.80. The highest BCUT2D eigenvalue weighted by atomic mass is 16.6. The highest BCUT2D eigenvalue weighted by molar-refractivity contribution is 5.93. The molecule has 4 atom stereocenters. The van der Waals surface area contributed by atoms with Gasteiger partial charge in [-0.3, -0.25) is 4.79 Å². The van der Waals surface area contributed by atoms with Crippen LogP contribution in [0.25, 0.3) is 11.0 Å². The Morgan fingerprint density at radius 1 is 1.07 bits per heavy atom. The minimum Gasteiger partial charge on any atom is -0.462 e. The number of esters is 2. The molecule has 43 heavy (non-hydrogen) atoms. The Balaban J connectivity index is 1.21. The van der Waals surface area contributed by atoms with Gasteiger partial charge in [-0.2, -0.15) is 0 Å². The predicted molar refractivity (Wildman–Crippen MR) is 169 cm³/mol. The lowest BCUT2D eigenvalue weighted by Gasteiger charge is -2.57. The maximum atomic E-state index is 13.6. The molecule has 3 aliphatic carbocycles. The lowest BCUT2D eigenvalue weighted by Crippen LogP contribution is -2.53. The Morgan fingerprint density at radius 2 is 1.81 bits per heavy atom. The van der Waals surface area contributed by atoms with E-state index in [9.17, 15) is 14.4 Å². The van der Waals surface area contributed by atoms with Crippen LogP contribution in [0.15, 0.2) is 56.8 Å².